The summed E-state index contributed by atoms with van der Waals surface area (Å²) in [7, 11) is 3.38. The van der Waals surface area contributed by atoms with Crippen molar-refractivity contribution < 1.29 is 4.39 Å². The molecule has 0 fully saturated rings. The summed E-state index contributed by atoms with van der Waals surface area (Å²) < 4.78 is 17.2. The molecule has 80 valence electrons. The fourth-order valence-corrected chi connectivity index (χ4v) is 1.53. The third-order valence-electron chi connectivity index (χ3n) is 2.09. The van der Waals surface area contributed by atoms with Crippen molar-refractivity contribution in [2.45, 2.75) is 0 Å². The fraction of sp³-hybridized carbons (Fsp3) is 0.250. The molecule has 0 amide bonds. The predicted molar refractivity (Wildman–Crippen MR) is 57.5 cm³/mol. The van der Waals surface area contributed by atoms with Crippen molar-refractivity contribution in [3.8, 4) is 11.4 Å². The van der Waals surface area contributed by atoms with Crippen molar-refractivity contribution in [1.29, 1.82) is 0 Å². The molecular formula is C8H9BrFN5. The van der Waals surface area contributed by atoms with Crippen LogP contribution in [0.5, 0.6) is 0 Å². The molecule has 0 radical (unpaired) electrons. The zero-order valence-electron chi connectivity index (χ0n) is 8.20. The number of nitrogens with zero attached hydrogens (tertiary/aromatic N) is 4. The van der Waals surface area contributed by atoms with Gasteiger partial charge >= 0.3 is 0 Å². The number of imidazole rings is 1. The van der Waals surface area contributed by atoms with Crippen LogP contribution in [-0.2, 0) is 14.1 Å². The van der Waals surface area contributed by atoms with Gasteiger partial charge in [0.1, 0.15) is 5.69 Å². The summed E-state index contributed by atoms with van der Waals surface area (Å²) in [6, 6.07) is 0. The van der Waals surface area contributed by atoms with Crippen molar-refractivity contribution in [3.05, 3.63) is 16.7 Å². The number of aromatic nitrogens is 4. The number of aryl methyl sites for hydroxylation is 2. The van der Waals surface area contributed by atoms with Crippen molar-refractivity contribution in [1.82, 2.24) is 19.3 Å². The Morgan fingerprint density at radius 3 is 2.53 bits per heavy atom. The number of hydrogen-bond acceptors (Lipinski definition) is 3. The maximum Gasteiger partial charge on any atom is 0.194 e. The summed E-state index contributed by atoms with van der Waals surface area (Å²) in [6.07, 6.45) is 1.68. The molecule has 7 heteroatoms. The molecule has 0 saturated heterocycles. The lowest BCUT2D eigenvalue weighted by atomic mass is 10.3. The smallest absolute Gasteiger partial charge is 0.194 e. The average Bonchev–Trinajstić information content (AvgIpc) is 2.63. The Bertz CT molecular complexity index is 496. The average molecular weight is 274 g/mol. The molecule has 2 N–H and O–H groups in total. The third kappa shape index (κ3) is 1.52. The third-order valence-corrected chi connectivity index (χ3v) is 2.83. The maximum absolute atomic E-state index is 13.6. The van der Waals surface area contributed by atoms with Gasteiger partial charge in [0.15, 0.2) is 22.1 Å². The quantitative estimate of drug-likeness (QED) is 0.852. The summed E-state index contributed by atoms with van der Waals surface area (Å²) in [5, 5.41) is 3.95. The molecule has 0 aliphatic heterocycles. The Labute approximate surface area is 93.8 Å². The van der Waals surface area contributed by atoms with Gasteiger partial charge in [-0.05, 0) is 15.9 Å². The Balaban J connectivity index is 2.59. The van der Waals surface area contributed by atoms with Crippen LogP contribution >= 0.6 is 15.9 Å². The highest BCUT2D eigenvalue weighted by Crippen LogP contribution is 2.25. The molecule has 2 heterocycles. The Morgan fingerprint density at radius 1 is 1.47 bits per heavy atom. The van der Waals surface area contributed by atoms with Crippen molar-refractivity contribution in [2.24, 2.45) is 14.1 Å². The normalized spacial score (nSPS) is 10.9. The summed E-state index contributed by atoms with van der Waals surface area (Å²) in [5.41, 5.74) is 6.08. The van der Waals surface area contributed by atoms with Crippen LogP contribution in [0.4, 0.5) is 10.2 Å². The van der Waals surface area contributed by atoms with Gasteiger partial charge in [-0.2, -0.15) is 5.10 Å². The molecule has 0 spiro atoms. The van der Waals surface area contributed by atoms with E-state index in [1.165, 1.54) is 4.68 Å². The van der Waals surface area contributed by atoms with E-state index in [0.717, 1.165) is 0 Å². The van der Waals surface area contributed by atoms with E-state index in [1.54, 1.807) is 24.9 Å². The van der Waals surface area contributed by atoms with E-state index in [4.69, 9.17) is 5.73 Å². The van der Waals surface area contributed by atoms with E-state index in [1.807, 2.05) is 0 Å². The summed E-state index contributed by atoms with van der Waals surface area (Å²) in [5.74, 6) is -0.533. The minimum absolute atomic E-state index is 0.00627. The van der Waals surface area contributed by atoms with Crippen LogP contribution in [0, 0.1) is 5.82 Å². The van der Waals surface area contributed by atoms with Crippen LogP contribution in [0.15, 0.2) is 10.9 Å². The monoisotopic (exact) mass is 273 g/mol. The summed E-state index contributed by atoms with van der Waals surface area (Å²) >= 11 is 3.23. The molecule has 5 nitrogen and oxygen atoms in total. The second-order valence-corrected chi connectivity index (χ2v) is 3.89. The second kappa shape index (κ2) is 3.34. The van der Waals surface area contributed by atoms with Crippen LogP contribution in [0.3, 0.4) is 0 Å². The van der Waals surface area contributed by atoms with Gasteiger partial charge in [0.2, 0.25) is 0 Å². The minimum atomic E-state index is -0.539. The molecule has 0 unspecified atom stereocenters. The fourth-order valence-electron chi connectivity index (χ4n) is 1.23. The molecule has 15 heavy (non-hydrogen) atoms. The second-order valence-electron chi connectivity index (χ2n) is 3.18. The largest absolute Gasteiger partial charge is 0.381 e. The van der Waals surface area contributed by atoms with Gasteiger partial charge in [0, 0.05) is 20.3 Å². The minimum Gasteiger partial charge on any atom is -0.381 e. The lowest BCUT2D eigenvalue weighted by Gasteiger charge is -1.88. The molecule has 2 aromatic heterocycles. The predicted octanol–water partition coefficient (Wildman–Crippen LogP) is 1.30. The first-order valence-electron chi connectivity index (χ1n) is 4.18. The molecule has 0 atom stereocenters. The van der Waals surface area contributed by atoms with Gasteiger partial charge in [0.05, 0.1) is 0 Å². The lowest BCUT2D eigenvalue weighted by Crippen LogP contribution is -1.97. The molecule has 0 aromatic carbocycles. The summed E-state index contributed by atoms with van der Waals surface area (Å²) in [4.78, 5) is 4.10. The van der Waals surface area contributed by atoms with Crippen molar-refractivity contribution >= 4 is 21.7 Å². The lowest BCUT2D eigenvalue weighted by molar-refractivity contribution is 0.633. The van der Waals surface area contributed by atoms with Gasteiger partial charge in [-0.15, -0.1) is 0 Å². The van der Waals surface area contributed by atoms with Gasteiger partial charge in [-0.3, -0.25) is 0 Å². The van der Waals surface area contributed by atoms with Crippen LogP contribution in [-0.4, -0.2) is 19.3 Å². The maximum atomic E-state index is 13.6. The number of nitrogens with two attached hydrogens (primary N) is 1. The number of anilines is 1. The standard InChI is InChI=1S/C8H9BrFN5/c1-14-3-4(12-8(14)9)6-5(10)7(11)15(2)13-6/h3H,11H2,1-2H3. The van der Waals surface area contributed by atoms with E-state index in [9.17, 15) is 4.39 Å². The van der Waals surface area contributed by atoms with E-state index in [-0.39, 0.29) is 11.5 Å². The zero-order valence-corrected chi connectivity index (χ0v) is 9.79. The zero-order chi connectivity index (χ0) is 11.2. The number of halogens is 2. The summed E-state index contributed by atoms with van der Waals surface area (Å²) in [6.45, 7) is 0. The van der Waals surface area contributed by atoms with Gasteiger partial charge in [0.25, 0.3) is 0 Å². The van der Waals surface area contributed by atoms with E-state index >= 15 is 0 Å². The molecular weight excluding hydrogens is 265 g/mol. The van der Waals surface area contributed by atoms with Crippen LogP contribution < -0.4 is 5.73 Å². The van der Waals surface area contributed by atoms with Crippen LogP contribution in [0.25, 0.3) is 11.4 Å². The van der Waals surface area contributed by atoms with Gasteiger partial charge in [-0.25, -0.2) is 14.1 Å². The van der Waals surface area contributed by atoms with E-state index < -0.39 is 5.82 Å². The SMILES string of the molecule is Cn1cc(-c2nn(C)c(N)c2F)nc1Br. The highest BCUT2D eigenvalue weighted by atomic mass is 79.9. The van der Waals surface area contributed by atoms with Gasteiger partial charge < -0.3 is 10.3 Å². The van der Waals surface area contributed by atoms with Crippen molar-refractivity contribution in [3.63, 3.8) is 0 Å². The van der Waals surface area contributed by atoms with Crippen LogP contribution in [0.2, 0.25) is 0 Å². The molecule has 2 rings (SSSR count). The molecule has 0 aliphatic rings. The molecule has 2 aromatic rings. The number of nitrogen functional groups attached to an aromatic ring is 1. The first-order valence-corrected chi connectivity index (χ1v) is 4.97. The highest BCUT2D eigenvalue weighted by molar-refractivity contribution is 9.10. The number of hydrogen-bond donors (Lipinski definition) is 1. The highest BCUT2D eigenvalue weighted by Gasteiger charge is 2.18. The van der Waals surface area contributed by atoms with Crippen LogP contribution in [0.1, 0.15) is 0 Å². The first-order chi connectivity index (χ1) is 7.00. The molecule has 0 saturated carbocycles. The Morgan fingerprint density at radius 2 is 2.13 bits per heavy atom. The Kier molecular flexibility index (Phi) is 2.26. The molecule has 0 aliphatic carbocycles. The Hall–Kier alpha value is -1.37. The molecule has 0 bridgehead atoms. The topological polar surface area (TPSA) is 61.7 Å². The van der Waals surface area contributed by atoms with E-state index in [2.05, 4.69) is 26.0 Å². The van der Waals surface area contributed by atoms with Crippen molar-refractivity contribution in [2.75, 3.05) is 5.73 Å². The van der Waals surface area contributed by atoms with Gasteiger partial charge in [-0.1, -0.05) is 0 Å². The van der Waals surface area contributed by atoms with E-state index in [0.29, 0.717) is 10.4 Å². The first kappa shape index (κ1) is 10.2. The number of rotatable bonds is 1.